The summed E-state index contributed by atoms with van der Waals surface area (Å²) in [4.78, 5) is 24.2. The number of hydrogen-bond acceptors (Lipinski definition) is 7. The molecule has 2 saturated carbocycles. The average Bonchev–Trinajstić information content (AvgIpc) is 3.09. The molecule has 8 nitrogen and oxygen atoms in total. The van der Waals surface area contributed by atoms with E-state index >= 15 is 0 Å². The number of amides is 1. The smallest absolute Gasteiger partial charge is 0.336 e. The zero-order chi connectivity index (χ0) is 23.5. The van der Waals surface area contributed by atoms with E-state index in [4.69, 9.17) is 17.8 Å². The van der Waals surface area contributed by atoms with Crippen LogP contribution in [0.5, 0.6) is 0 Å². The second-order valence-electron chi connectivity index (χ2n) is 8.92. The SMILES string of the molecule is C=C1CC[C@@H]2C(=C)[C@H](OS(=O)OC)CC[C@@]2(C)[C@@H]1C/C=C1/C(=O)OC[C@H]1NC(=O)COC. The Hall–Kier alpha value is -1.81. The molecule has 0 aromatic rings. The Bertz CT molecular complexity index is 838. The summed E-state index contributed by atoms with van der Waals surface area (Å²) in [6.07, 6.45) is 5.53. The van der Waals surface area contributed by atoms with Crippen molar-refractivity contribution in [2.75, 3.05) is 27.4 Å². The quantitative estimate of drug-likeness (QED) is 0.333. The number of fused-ring (bicyclic) bond motifs is 1. The van der Waals surface area contributed by atoms with Gasteiger partial charge in [-0.25, -0.2) is 4.79 Å². The van der Waals surface area contributed by atoms with Gasteiger partial charge in [-0.15, -0.1) is 0 Å². The molecular formula is C23H33NO7S. The molecule has 0 bridgehead atoms. The predicted octanol–water partition coefficient (Wildman–Crippen LogP) is 2.54. The molecule has 1 aliphatic heterocycles. The van der Waals surface area contributed by atoms with Crippen LogP contribution in [0.25, 0.3) is 0 Å². The van der Waals surface area contributed by atoms with Crippen molar-refractivity contribution in [1.29, 1.82) is 0 Å². The average molecular weight is 468 g/mol. The van der Waals surface area contributed by atoms with Gasteiger partial charge in [0.2, 0.25) is 5.91 Å². The van der Waals surface area contributed by atoms with E-state index in [1.807, 2.05) is 6.08 Å². The molecule has 0 spiro atoms. The topological polar surface area (TPSA) is 100 Å². The fourth-order valence-corrected chi connectivity index (χ4v) is 5.95. The van der Waals surface area contributed by atoms with Crippen molar-refractivity contribution in [1.82, 2.24) is 5.32 Å². The molecular weight excluding hydrogens is 434 g/mol. The van der Waals surface area contributed by atoms with E-state index in [1.54, 1.807) is 0 Å². The van der Waals surface area contributed by atoms with Gasteiger partial charge < -0.3 is 14.8 Å². The number of cyclic esters (lactones) is 1. The molecule has 3 rings (SSSR count). The molecule has 9 heteroatoms. The highest BCUT2D eigenvalue weighted by Gasteiger charge is 2.50. The van der Waals surface area contributed by atoms with Gasteiger partial charge in [0, 0.05) is 7.11 Å². The summed E-state index contributed by atoms with van der Waals surface area (Å²) in [6, 6.07) is -0.478. The Balaban J connectivity index is 1.76. The Morgan fingerprint density at radius 3 is 2.78 bits per heavy atom. The van der Waals surface area contributed by atoms with Gasteiger partial charge in [0.05, 0.1) is 24.8 Å². The van der Waals surface area contributed by atoms with Crippen LogP contribution < -0.4 is 5.32 Å². The number of nitrogens with one attached hydrogen (secondary N) is 1. The van der Waals surface area contributed by atoms with Gasteiger partial charge in [0.25, 0.3) is 0 Å². The third-order valence-electron chi connectivity index (χ3n) is 7.15. The molecule has 32 heavy (non-hydrogen) atoms. The lowest BCUT2D eigenvalue weighted by Gasteiger charge is -2.53. The van der Waals surface area contributed by atoms with Crippen LogP contribution >= 0.6 is 0 Å². The van der Waals surface area contributed by atoms with E-state index in [2.05, 4.69) is 25.4 Å². The summed E-state index contributed by atoms with van der Waals surface area (Å²) in [6.45, 7) is 10.9. The highest BCUT2D eigenvalue weighted by molar-refractivity contribution is 7.75. The van der Waals surface area contributed by atoms with E-state index in [9.17, 15) is 13.8 Å². The van der Waals surface area contributed by atoms with Gasteiger partial charge in [-0.2, -0.15) is 4.21 Å². The second-order valence-corrected chi connectivity index (χ2v) is 9.86. The van der Waals surface area contributed by atoms with Crippen LogP contribution in [0.1, 0.15) is 39.0 Å². The maximum absolute atomic E-state index is 12.3. The molecule has 2 aliphatic carbocycles. The number of carbonyl (C=O) groups excluding carboxylic acids is 2. The number of carbonyl (C=O) groups is 2. The van der Waals surface area contributed by atoms with Crippen molar-refractivity contribution < 1.29 is 31.6 Å². The summed E-state index contributed by atoms with van der Waals surface area (Å²) in [5, 5.41) is 2.79. The van der Waals surface area contributed by atoms with Crippen LogP contribution in [-0.4, -0.2) is 55.7 Å². The minimum atomic E-state index is -1.79. The first kappa shape index (κ1) is 24.8. The van der Waals surface area contributed by atoms with Gasteiger partial charge in [-0.3, -0.25) is 13.2 Å². The van der Waals surface area contributed by atoms with E-state index < -0.39 is 23.4 Å². The summed E-state index contributed by atoms with van der Waals surface area (Å²) >= 11 is -1.79. The van der Waals surface area contributed by atoms with Gasteiger partial charge in [-0.05, 0) is 54.9 Å². The Kier molecular flexibility index (Phi) is 8.08. The minimum Gasteiger partial charge on any atom is -0.460 e. The van der Waals surface area contributed by atoms with E-state index in [0.29, 0.717) is 18.4 Å². The molecule has 0 radical (unpaired) electrons. The lowest BCUT2D eigenvalue weighted by atomic mass is 9.52. The van der Waals surface area contributed by atoms with Crippen molar-refractivity contribution in [3.05, 3.63) is 36.0 Å². The van der Waals surface area contributed by atoms with Crippen molar-refractivity contribution in [2.45, 2.75) is 51.2 Å². The summed E-state index contributed by atoms with van der Waals surface area (Å²) < 4.78 is 32.1. The summed E-state index contributed by atoms with van der Waals surface area (Å²) in [5.41, 5.74) is 2.47. The zero-order valence-corrected chi connectivity index (χ0v) is 19.8. The van der Waals surface area contributed by atoms with Crippen LogP contribution in [0.4, 0.5) is 0 Å². The Morgan fingerprint density at radius 1 is 1.34 bits per heavy atom. The van der Waals surface area contributed by atoms with Crippen LogP contribution in [0.15, 0.2) is 36.0 Å². The molecule has 1 heterocycles. The lowest BCUT2D eigenvalue weighted by Crippen LogP contribution is -2.47. The first-order chi connectivity index (χ1) is 15.2. The lowest BCUT2D eigenvalue weighted by molar-refractivity contribution is -0.135. The first-order valence-corrected chi connectivity index (χ1v) is 11.9. The number of esters is 1. The summed E-state index contributed by atoms with van der Waals surface area (Å²) in [7, 11) is 2.79. The number of ether oxygens (including phenoxy) is 2. The van der Waals surface area contributed by atoms with Crippen LogP contribution in [0.2, 0.25) is 0 Å². The van der Waals surface area contributed by atoms with E-state index in [0.717, 1.165) is 30.4 Å². The van der Waals surface area contributed by atoms with Gasteiger partial charge in [-0.1, -0.05) is 31.7 Å². The zero-order valence-electron chi connectivity index (χ0n) is 19.0. The van der Waals surface area contributed by atoms with Gasteiger partial charge in [0.1, 0.15) is 13.2 Å². The summed E-state index contributed by atoms with van der Waals surface area (Å²) in [5.74, 6) is -0.363. The molecule has 1 N–H and O–H groups in total. The monoisotopic (exact) mass is 467 g/mol. The standard InChI is InChI=1S/C23H33NO7S/c1-14-6-8-18-15(2)20(31-32(27)29-5)10-11-23(18,3)17(14)9-7-16-19(12-30-22(16)26)24-21(25)13-28-4/h7,17-20H,1-2,6,8-13H2,3-5H3,(H,24,25)/b16-7+/t17-,18-,19-,20-,23+,32?/m1/s1. The van der Waals surface area contributed by atoms with Crippen molar-refractivity contribution in [2.24, 2.45) is 17.3 Å². The van der Waals surface area contributed by atoms with Crippen molar-refractivity contribution in [3.63, 3.8) is 0 Å². The van der Waals surface area contributed by atoms with E-state index in [1.165, 1.54) is 14.2 Å². The fraction of sp³-hybridized carbons (Fsp3) is 0.652. The molecule has 1 saturated heterocycles. The fourth-order valence-electron chi connectivity index (χ4n) is 5.46. The molecule has 3 fully saturated rings. The number of rotatable bonds is 8. The molecule has 1 unspecified atom stereocenters. The van der Waals surface area contributed by atoms with Crippen LogP contribution in [0, 0.1) is 17.3 Å². The minimum absolute atomic E-state index is 0.0731. The second kappa shape index (κ2) is 10.4. The maximum atomic E-state index is 12.3. The normalized spacial score (nSPS) is 34.8. The Labute approximate surface area is 192 Å². The molecule has 3 aliphatic rings. The molecule has 0 aromatic carbocycles. The van der Waals surface area contributed by atoms with Crippen molar-refractivity contribution >= 4 is 23.2 Å². The highest BCUT2D eigenvalue weighted by atomic mass is 32.2. The predicted molar refractivity (Wildman–Crippen MR) is 119 cm³/mol. The third-order valence-corrected chi connectivity index (χ3v) is 7.81. The van der Waals surface area contributed by atoms with Gasteiger partial charge >= 0.3 is 17.3 Å². The van der Waals surface area contributed by atoms with Gasteiger partial charge in [0.15, 0.2) is 0 Å². The first-order valence-electron chi connectivity index (χ1n) is 10.9. The van der Waals surface area contributed by atoms with Crippen LogP contribution in [-0.2, 0) is 38.8 Å². The largest absolute Gasteiger partial charge is 0.460 e. The Morgan fingerprint density at radius 2 is 2.09 bits per heavy atom. The highest BCUT2D eigenvalue weighted by Crippen LogP contribution is 2.57. The number of methoxy groups -OCH3 is 1. The molecule has 178 valence electrons. The van der Waals surface area contributed by atoms with E-state index in [-0.39, 0.29) is 42.5 Å². The number of allylic oxidation sites excluding steroid dienone is 2. The molecule has 0 aromatic heterocycles. The third kappa shape index (κ3) is 5.06. The number of hydrogen-bond donors (Lipinski definition) is 1. The van der Waals surface area contributed by atoms with Crippen molar-refractivity contribution in [3.8, 4) is 0 Å². The molecule has 6 atom stereocenters. The van der Waals surface area contributed by atoms with Crippen LogP contribution in [0.3, 0.4) is 0 Å². The maximum Gasteiger partial charge on any atom is 0.336 e. The molecule has 1 amide bonds.